The number of rotatable bonds is 13. The molecule has 376 valence electrons. The normalized spacial score (nSPS) is 14.2. The molecule has 0 saturated heterocycles. The molecule has 0 spiro atoms. The van der Waals surface area contributed by atoms with Gasteiger partial charge in [0.05, 0.1) is 12.8 Å². The number of carbonyl (C=O) groups is 2. The van der Waals surface area contributed by atoms with E-state index < -0.39 is 46.7 Å². The Balaban J connectivity index is 0.000000164. The summed E-state index contributed by atoms with van der Waals surface area (Å²) in [5.74, 6) is -2.17. The number of halogens is 8. The maximum Gasteiger partial charge on any atom is 0.401 e. The number of nitrogens with one attached hydrogen (secondary N) is 1. The highest BCUT2D eigenvalue weighted by Crippen LogP contribution is 2.60. The van der Waals surface area contributed by atoms with Crippen LogP contribution in [0.5, 0.6) is 0 Å². The number of hydrogen-bond donors (Lipinski definition) is 3. The smallest absolute Gasteiger partial charge is 0.401 e. The predicted molar refractivity (Wildman–Crippen MR) is 248 cm³/mol. The number of hydrogen-bond acceptors (Lipinski definition) is 11. The number of carboxylic acid groups (broad SMARTS) is 1. The summed E-state index contributed by atoms with van der Waals surface area (Å²) in [6.45, 7) is 0. The Labute approximate surface area is 410 Å². The molecule has 0 atom stereocenters. The van der Waals surface area contributed by atoms with Crippen molar-refractivity contribution in [1.82, 2.24) is 30.2 Å². The molecule has 4 N–H and O–H groups in total. The molecule has 10 rings (SSSR count). The number of nitrogen functional groups attached to an aromatic ring is 1. The van der Waals surface area contributed by atoms with Crippen LogP contribution in [0.15, 0.2) is 143 Å². The Morgan fingerprint density at radius 1 is 0.575 bits per heavy atom. The molecule has 0 bridgehead atoms. The second-order valence-corrected chi connectivity index (χ2v) is 17.4. The molecule has 1 amide bonds. The van der Waals surface area contributed by atoms with Crippen LogP contribution < -0.4 is 11.1 Å². The van der Waals surface area contributed by atoms with Crippen molar-refractivity contribution in [3.05, 3.63) is 191 Å². The number of benzene rings is 4. The molecular weight excluding hydrogens is 969 g/mol. The molecule has 2 aliphatic carbocycles. The minimum atomic E-state index is -4.45. The first-order valence-corrected chi connectivity index (χ1v) is 22.4. The highest BCUT2D eigenvalue weighted by atomic mass is 19.4. The van der Waals surface area contributed by atoms with Crippen molar-refractivity contribution in [2.75, 3.05) is 11.1 Å². The lowest BCUT2D eigenvalue weighted by molar-refractivity contribution is -0.166. The van der Waals surface area contributed by atoms with Gasteiger partial charge in [0.1, 0.15) is 34.1 Å². The van der Waals surface area contributed by atoms with Gasteiger partial charge >= 0.3 is 18.3 Å². The van der Waals surface area contributed by atoms with Crippen LogP contribution in [0.25, 0.3) is 22.3 Å². The zero-order valence-corrected chi connectivity index (χ0v) is 38.2. The molecule has 2 aliphatic rings. The average Bonchev–Trinajstić information content (AvgIpc) is 4.27. The van der Waals surface area contributed by atoms with E-state index >= 15 is 0 Å². The van der Waals surface area contributed by atoms with Crippen molar-refractivity contribution in [3.8, 4) is 22.3 Å². The Kier molecular flexibility index (Phi) is 14.8. The number of alkyl halides is 6. The maximum absolute atomic E-state index is 14.7. The second kappa shape index (κ2) is 21.2. The number of carbonyl (C=O) groups excluding carboxylic acids is 1. The van der Waals surface area contributed by atoms with E-state index in [2.05, 4.69) is 40.1 Å². The van der Waals surface area contributed by atoms with Crippen molar-refractivity contribution >= 4 is 23.5 Å². The van der Waals surface area contributed by atoms with E-state index in [0.29, 0.717) is 46.7 Å². The zero-order chi connectivity index (χ0) is 52.0. The molecule has 4 aromatic carbocycles. The Hall–Kier alpha value is -8.36. The molecule has 2 fully saturated rings. The molecule has 8 aromatic rings. The van der Waals surface area contributed by atoms with Crippen molar-refractivity contribution in [1.29, 1.82) is 0 Å². The number of aromatic nitrogens is 6. The summed E-state index contributed by atoms with van der Waals surface area (Å²) in [5.41, 5.74) is 6.28. The molecule has 0 radical (unpaired) electrons. The zero-order valence-electron chi connectivity index (χ0n) is 38.2. The summed E-state index contributed by atoms with van der Waals surface area (Å²) in [7, 11) is 0. The van der Waals surface area contributed by atoms with Gasteiger partial charge in [-0.1, -0.05) is 95.2 Å². The largest absolute Gasteiger partial charge is 0.481 e. The summed E-state index contributed by atoms with van der Waals surface area (Å²) in [5, 5.41) is 17.9. The number of nitrogens with two attached hydrogens (primary N) is 1. The van der Waals surface area contributed by atoms with E-state index in [9.17, 15) is 44.7 Å². The molecule has 0 aliphatic heterocycles. The SMILES string of the molecule is Nc1cc(C2(C(F)(F)F)CC2)on1.O=C(Cc1ccc(-c2cnc(Cc3ccccc3)nc2)cc1F)Nc1cc(C2(C(F)(F)F)CC2)on1.O=C(O)Cc1ccc(-c2cnc(Cc3ccccc3)nc2)cc1F. The number of carboxylic acids is 1. The number of nitrogens with zero attached hydrogens (tertiary/aromatic N) is 6. The van der Waals surface area contributed by atoms with Gasteiger partial charge < -0.3 is 25.2 Å². The number of anilines is 2. The topological polar surface area (TPSA) is 196 Å². The van der Waals surface area contributed by atoms with Gasteiger partial charge in [0, 0.05) is 60.9 Å². The molecule has 73 heavy (non-hydrogen) atoms. The van der Waals surface area contributed by atoms with Gasteiger partial charge in [0.2, 0.25) is 5.91 Å². The lowest BCUT2D eigenvalue weighted by Gasteiger charge is -2.14. The molecule has 4 heterocycles. The molecule has 21 heteroatoms. The monoisotopic (exact) mass is 1010 g/mol. The predicted octanol–water partition coefficient (Wildman–Crippen LogP) is 11.0. The van der Waals surface area contributed by atoms with Gasteiger partial charge in [0.25, 0.3) is 0 Å². The van der Waals surface area contributed by atoms with E-state index in [0.717, 1.165) is 23.3 Å². The van der Waals surface area contributed by atoms with Crippen molar-refractivity contribution < 1.29 is 58.9 Å². The number of amides is 1. The fourth-order valence-corrected chi connectivity index (χ4v) is 7.67. The van der Waals surface area contributed by atoms with E-state index in [4.69, 9.17) is 15.4 Å². The van der Waals surface area contributed by atoms with Crippen LogP contribution in [0, 0.1) is 11.6 Å². The molecule has 4 aromatic heterocycles. The summed E-state index contributed by atoms with van der Waals surface area (Å²) >= 11 is 0. The molecular formula is C52H42F8N8O5. The lowest BCUT2D eigenvalue weighted by atomic mass is 10.0. The van der Waals surface area contributed by atoms with Crippen LogP contribution in [0.4, 0.5) is 46.8 Å². The highest BCUT2D eigenvalue weighted by Gasteiger charge is 2.67. The van der Waals surface area contributed by atoms with Crippen LogP contribution >= 0.6 is 0 Å². The van der Waals surface area contributed by atoms with Crippen LogP contribution in [-0.4, -0.2) is 59.6 Å². The summed E-state index contributed by atoms with van der Waals surface area (Å²) in [6, 6.07) is 30.8. The number of aliphatic carboxylic acids is 1. The van der Waals surface area contributed by atoms with E-state index in [1.54, 1.807) is 36.9 Å². The summed E-state index contributed by atoms with van der Waals surface area (Å²) in [6.07, 6.45) is -1.70. The van der Waals surface area contributed by atoms with Crippen LogP contribution in [0.2, 0.25) is 0 Å². The van der Waals surface area contributed by atoms with Gasteiger partial charge in [0.15, 0.2) is 23.2 Å². The van der Waals surface area contributed by atoms with E-state index in [1.165, 1.54) is 24.3 Å². The van der Waals surface area contributed by atoms with Gasteiger partial charge in [-0.2, -0.15) is 26.3 Å². The van der Waals surface area contributed by atoms with Gasteiger partial charge in [-0.15, -0.1) is 0 Å². The fourth-order valence-electron chi connectivity index (χ4n) is 7.67. The van der Waals surface area contributed by atoms with Crippen molar-refractivity contribution in [2.45, 2.75) is 74.5 Å². The first-order valence-electron chi connectivity index (χ1n) is 22.4. The average molecular weight is 1010 g/mol. The minimum Gasteiger partial charge on any atom is -0.481 e. The Morgan fingerprint density at radius 2 is 1.00 bits per heavy atom. The van der Waals surface area contributed by atoms with Crippen LogP contribution in [0.1, 0.15) is 71.1 Å². The van der Waals surface area contributed by atoms with Crippen molar-refractivity contribution in [2.24, 2.45) is 0 Å². The minimum absolute atomic E-state index is 0.00877. The second-order valence-electron chi connectivity index (χ2n) is 17.4. The Bertz CT molecular complexity index is 3180. The quantitative estimate of drug-likeness (QED) is 0.0926. The maximum atomic E-state index is 14.7. The fraction of sp³-hybridized carbons (Fsp3) is 0.231. The van der Waals surface area contributed by atoms with E-state index in [-0.39, 0.29) is 72.8 Å². The van der Waals surface area contributed by atoms with E-state index in [1.807, 2.05) is 60.7 Å². The third-order valence-electron chi connectivity index (χ3n) is 12.1. The first kappa shape index (κ1) is 51.0. The van der Waals surface area contributed by atoms with Gasteiger partial charge in [-0.25, -0.2) is 28.7 Å². The Morgan fingerprint density at radius 3 is 1.38 bits per heavy atom. The van der Waals surface area contributed by atoms with Crippen molar-refractivity contribution in [3.63, 3.8) is 0 Å². The van der Waals surface area contributed by atoms with Gasteiger partial charge in [-0.3, -0.25) is 9.59 Å². The third-order valence-corrected chi connectivity index (χ3v) is 12.1. The summed E-state index contributed by atoms with van der Waals surface area (Å²) in [4.78, 5) is 40.4. The first-order chi connectivity index (χ1) is 34.8. The van der Waals surface area contributed by atoms with Crippen LogP contribution in [0.3, 0.4) is 0 Å². The van der Waals surface area contributed by atoms with Crippen LogP contribution in [-0.2, 0) is 46.1 Å². The highest BCUT2D eigenvalue weighted by molar-refractivity contribution is 5.91. The molecule has 0 unspecified atom stereocenters. The lowest BCUT2D eigenvalue weighted by Crippen LogP contribution is -2.28. The van der Waals surface area contributed by atoms with Gasteiger partial charge in [-0.05, 0) is 71.2 Å². The standard InChI is InChI=1S/C26H20F4N4O2.C19H15FN2O2.C7H7F3N2O/c27-20-11-17(19-14-31-22(32-15-19)10-16-4-2-1-3-5-16)6-7-18(20)12-24(35)33-23-13-21(36-34-23)25(8-9-25)26(28,29)30;20-17-9-14(6-7-15(17)10-19(23)24)16-11-21-18(22-12-16)8-13-4-2-1-3-5-13;8-7(9,10)6(1-2-6)4-3-5(11)12-13-4/h1-7,11,13-15H,8-10,12H2,(H,33,34,35);1-7,9,11-12H,8,10H2,(H,23,24);3H,1-2H2,(H2,11,12). The molecule has 2 saturated carbocycles. The summed E-state index contributed by atoms with van der Waals surface area (Å²) < 4.78 is 115. The molecule has 13 nitrogen and oxygen atoms in total. The third kappa shape index (κ3) is 12.4.